The molecule has 1 unspecified atom stereocenters. The molecule has 0 amide bonds. The van der Waals surface area contributed by atoms with E-state index in [0.717, 1.165) is 22.3 Å². The van der Waals surface area contributed by atoms with E-state index >= 15 is 0 Å². The standard InChI is InChI=1S/C10H12OS/c1-7-4-3-5-9(10(7)12)8(2)6-11/h3-6,8,12H,1-2H3. The van der Waals surface area contributed by atoms with Gasteiger partial charge in [-0.05, 0) is 18.1 Å². The normalized spacial score (nSPS) is 12.6. The summed E-state index contributed by atoms with van der Waals surface area (Å²) >= 11 is 4.35. The summed E-state index contributed by atoms with van der Waals surface area (Å²) in [6.45, 7) is 3.87. The van der Waals surface area contributed by atoms with E-state index in [1.807, 2.05) is 32.0 Å². The van der Waals surface area contributed by atoms with Crippen molar-refractivity contribution in [2.45, 2.75) is 24.7 Å². The third-order valence-electron chi connectivity index (χ3n) is 1.96. The van der Waals surface area contributed by atoms with Gasteiger partial charge in [-0.25, -0.2) is 0 Å². The number of aryl methyl sites for hydroxylation is 1. The number of hydrogen-bond acceptors (Lipinski definition) is 2. The molecule has 12 heavy (non-hydrogen) atoms. The highest BCUT2D eigenvalue weighted by atomic mass is 32.1. The van der Waals surface area contributed by atoms with Gasteiger partial charge in [-0.1, -0.05) is 25.1 Å². The van der Waals surface area contributed by atoms with E-state index in [-0.39, 0.29) is 5.92 Å². The van der Waals surface area contributed by atoms with E-state index in [1.165, 1.54) is 0 Å². The molecule has 1 rings (SSSR count). The van der Waals surface area contributed by atoms with E-state index in [1.54, 1.807) is 0 Å². The van der Waals surface area contributed by atoms with Crippen molar-refractivity contribution in [3.63, 3.8) is 0 Å². The van der Waals surface area contributed by atoms with Crippen LogP contribution in [0.25, 0.3) is 0 Å². The van der Waals surface area contributed by atoms with Gasteiger partial charge in [-0.2, -0.15) is 0 Å². The highest BCUT2D eigenvalue weighted by Crippen LogP contribution is 2.24. The van der Waals surface area contributed by atoms with Gasteiger partial charge in [0.25, 0.3) is 0 Å². The summed E-state index contributed by atoms with van der Waals surface area (Å²) in [5.74, 6) is -0.0580. The molecule has 0 heterocycles. The molecule has 0 spiro atoms. The Balaban J connectivity index is 3.15. The second-order valence-corrected chi connectivity index (χ2v) is 3.38. The van der Waals surface area contributed by atoms with Crippen LogP contribution in [-0.4, -0.2) is 6.29 Å². The van der Waals surface area contributed by atoms with Gasteiger partial charge in [-0.15, -0.1) is 12.6 Å². The Bertz CT molecular complexity index is 294. The van der Waals surface area contributed by atoms with Crippen molar-refractivity contribution >= 4 is 18.9 Å². The molecule has 1 nitrogen and oxygen atoms in total. The zero-order valence-corrected chi connectivity index (χ0v) is 8.14. The molecule has 2 heteroatoms. The van der Waals surface area contributed by atoms with Gasteiger partial charge in [-0.3, -0.25) is 0 Å². The highest BCUT2D eigenvalue weighted by Gasteiger charge is 2.07. The lowest BCUT2D eigenvalue weighted by atomic mass is 10.0. The van der Waals surface area contributed by atoms with Crippen LogP contribution in [-0.2, 0) is 4.79 Å². The fraction of sp³-hybridized carbons (Fsp3) is 0.300. The van der Waals surface area contributed by atoms with E-state index in [0.29, 0.717) is 0 Å². The summed E-state index contributed by atoms with van der Waals surface area (Å²) < 4.78 is 0. The van der Waals surface area contributed by atoms with Gasteiger partial charge in [0.15, 0.2) is 0 Å². The summed E-state index contributed by atoms with van der Waals surface area (Å²) in [5.41, 5.74) is 2.12. The Morgan fingerprint density at radius 3 is 2.75 bits per heavy atom. The highest BCUT2D eigenvalue weighted by molar-refractivity contribution is 7.80. The maximum atomic E-state index is 10.5. The van der Waals surface area contributed by atoms with E-state index < -0.39 is 0 Å². The maximum Gasteiger partial charge on any atom is 0.127 e. The molecule has 1 atom stereocenters. The van der Waals surface area contributed by atoms with Crippen molar-refractivity contribution in [2.24, 2.45) is 0 Å². The minimum Gasteiger partial charge on any atom is -0.303 e. The number of hydrogen-bond donors (Lipinski definition) is 1. The quantitative estimate of drug-likeness (QED) is 0.547. The summed E-state index contributed by atoms with van der Waals surface area (Å²) in [6.07, 6.45) is 0.939. The van der Waals surface area contributed by atoms with Crippen molar-refractivity contribution in [3.8, 4) is 0 Å². The fourth-order valence-electron chi connectivity index (χ4n) is 1.12. The first-order valence-electron chi connectivity index (χ1n) is 3.90. The monoisotopic (exact) mass is 180 g/mol. The Morgan fingerprint density at radius 1 is 1.50 bits per heavy atom. The minimum absolute atomic E-state index is 0.0580. The van der Waals surface area contributed by atoms with Crippen LogP contribution < -0.4 is 0 Å². The van der Waals surface area contributed by atoms with Crippen LogP contribution in [0.2, 0.25) is 0 Å². The number of rotatable bonds is 2. The smallest absolute Gasteiger partial charge is 0.127 e. The predicted molar refractivity (Wildman–Crippen MR) is 52.9 cm³/mol. The van der Waals surface area contributed by atoms with Crippen LogP contribution in [0.15, 0.2) is 23.1 Å². The molecule has 0 aromatic heterocycles. The van der Waals surface area contributed by atoms with Crippen LogP contribution in [0.1, 0.15) is 24.0 Å². The summed E-state index contributed by atoms with van der Waals surface area (Å²) in [4.78, 5) is 11.5. The first kappa shape index (κ1) is 9.33. The van der Waals surface area contributed by atoms with Crippen molar-refractivity contribution in [1.82, 2.24) is 0 Å². The number of thiol groups is 1. The lowest BCUT2D eigenvalue weighted by molar-refractivity contribution is -0.108. The molecule has 0 bridgehead atoms. The number of carbonyl (C=O) groups is 1. The molecular formula is C10H12OS. The molecule has 0 saturated heterocycles. The molecular weight excluding hydrogens is 168 g/mol. The van der Waals surface area contributed by atoms with Gasteiger partial charge in [0.2, 0.25) is 0 Å². The van der Waals surface area contributed by atoms with Gasteiger partial charge in [0, 0.05) is 10.8 Å². The largest absolute Gasteiger partial charge is 0.303 e. The zero-order chi connectivity index (χ0) is 9.14. The summed E-state index contributed by atoms with van der Waals surface area (Å²) in [6, 6.07) is 5.88. The van der Waals surface area contributed by atoms with Crippen molar-refractivity contribution in [3.05, 3.63) is 29.3 Å². The van der Waals surface area contributed by atoms with Crippen LogP contribution in [0.3, 0.4) is 0 Å². The number of benzene rings is 1. The van der Waals surface area contributed by atoms with Crippen molar-refractivity contribution in [1.29, 1.82) is 0 Å². The topological polar surface area (TPSA) is 17.1 Å². The molecule has 0 aliphatic carbocycles. The van der Waals surface area contributed by atoms with Crippen LogP contribution in [0.5, 0.6) is 0 Å². The van der Waals surface area contributed by atoms with Crippen LogP contribution in [0.4, 0.5) is 0 Å². The number of aldehydes is 1. The Morgan fingerprint density at radius 2 is 2.17 bits per heavy atom. The Labute approximate surface area is 78.2 Å². The minimum atomic E-state index is -0.0580. The second kappa shape index (κ2) is 3.76. The van der Waals surface area contributed by atoms with E-state index in [9.17, 15) is 4.79 Å². The number of carbonyl (C=O) groups excluding carboxylic acids is 1. The zero-order valence-electron chi connectivity index (χ0n) is 7.24. The lowest BCUT2D eigenvalue weighted by Gasteiger charge is -2.09. The van der Waals surface area contributed by atoms with E-state index in [2.05, 4.69) is 12.6 Å². The lowest BCUT2D eigenvalue weighted by Crippen LogP contribution is -1.96. The molecule has 0 fully saturated rings. The van der Waals surface area contributed by atoms with Crippen LogP contribution >= 0.6 is 12.6 Å². The first-order valence-corrected chi connectivity index (χ1v) is 4.35. The van der Waals surface area contributed by atoms with Crippen LogP contribution in [0, 0.1) is 6.92 Å². The third kappa shape index (κ3) is 1.69. The molecule has 0 N–H and O–H groups in total. The Hall–Kier alpha value is -0.760. The molecule has 1 aromatic carbocycles. The van der Waals surface area contributed by atoms with Gasteiger partial charge in [0.1, 0.15) is 6.29 Å². The summed E-state index contributed by atoms with van der Waals surface area (Å²) in [5, 5.41) is 0. The van der Waals surface area contributed by atoms with E-state index in [4.69, 9.17) is 0 Å². The molecule has 64 valence electrons. The fourth-order valence-corrected chi connectivity index (χ4v) is 1.48. The average Bonchev–Trinajstić information content (AvgIpc) is 2.08. The van der Waals surface area contributed by atoms with Gasteiger partial charge < -0.3 is 4.79 Å². The predicted octanol–water partition coefficient (Wildman–Crippen LogP) is 2.59. The molecule has 0 radical (unpaired) electrons. The Kier molecular flexibility index (Phi) is 2.93. The summed E-state index contributed by atoms with van der Waals surface area (Å²) in [7, 11) is 0. The second-order valence-electron chi connectivity index (χ2n) is 2.94. The molecule has 0 saturated carbocycles. The third-order valence-corrected chi connectivity index (χ3v) is 2.57. The molecule has 0 aliphatic rings. The van der Waals surface area contributed by atoms with Gasteiger partial charge >= 0.3 is 0 Å². The average molecular weight is 180 g/mol. The molecule has 1 aromatic rings. The van der Waals surface area contributed by atoms with Crippen molar-refractivity contribution in [2.75, 3.05) is 0 Å². The SMILES string of the molecule is Cc1cccc(C(C)C=O)c1S. The molecule has 0 aliphatic heterocycles. The van der Waals surface area contributed by atoms with Gasteiger partial charge in [0.05, 0.1) is 0 Å². The maximum absolute atomic E-state index is 10.5. The van der Waals surface area contributed by atoms with Crippen molar-refractivity contribution < 1.29 is 4.79 Å². The first-order chi connectivity index (χ1) is 5.66.